The number of hydrogen-bond acceptors (Lipinski definition) is 4. The second-order valence-corrected chi connectivity index (χ2v) is 16.3. The molecule has 0 N–H and O–H groups in total. The molecule has 166 valence electrons. The van der Waals surface area contributed by atoms with Gasteiger partial charge in [0.2, 0.25) is 0 Å². The average molecular weight is 451 g/mol. The molecule has 3 rings (SSSR count). The van der Waals surface area contributed by atoms with Crippen LogP contribution in [0, 0.1) is 0 Å². The van der Waals surface area contributed by atoms with E-state index >= 15 is 0 Å². The normalized spacial score (nSPS) is 21.7. The van der Waals surface area contributed by atoms with E-state index in [0.717, 1.165) is 48.5 Å². The van der Waals surface area contributed by atoms with Crippen LogP contribution in [0.4, 0.5) is 0 Å². The van der Waals surface area contributed by atoms with Crippen molar-refractivity contribution in [3.05, 3.63) is 23.4 Å². The third kappa shape index (κ3) is 5.13. The van der Waals surface area contributed by atoms with Crippen molar-refractivity contribution in [1.29, 1.82) is 0 Å². The molecule has 0 aliphatic carbocycles. The molecule has 0 bridgehead atoms. The highest BCUT2D eigenvalue weighted by Gasteiger charge is 2.55. The van der Waals surface area contributed by atoms with Crippen molar-refractivity contribution >= 4 is 43.4 Å². The summed E-state index contributed by atoms with van der Waals surface area (Å²) in [5.41, 5.74) is 0.995. The quantitative estimate of drug-likeness (QED) is 0.288. The summed E-state index contributed by atoms with van der Waals surface area (Å²) < 4.78 is 21.1. The molecule has 0 radical (unpaired) electrons. The molecule has 1 unspecified atom stereocenters. The highest BCUT2D eigenvalue weighted by Crippen LogP contribution is 2.41. The van der Waals surface area contributed by atoms with Gasteiger partial charge in [0, 0.05) is 20.1 Å². The van der Waals surface area contributed by atoms with Crippen LogP contribution in [0.1, 0.15) is 47.0 Å². The number of unbranched alkanes of at least 4 members (excludes halogenated alkanes) is 1. The topological polar surface area (TPSA) is 45.5 Å². The van der Waals surface area contributed by atoms with E-state index in [4.69, 9.17) is 25.6 Å². The number of aromatic nitrogens is 2. The minimum Gasteiger partial charge on any atom is -0.398 e. The zero-order chi connectivity index (χ0) is 22.2. The number of rotatable bonds is 9. The number of hydrogen-bond donors (Lipinski definition) is 0. The highest BCUT2D eigenvalue weighted by atomic mass is 35.5. The number of ether oxygens (including phenoxy) is 1. The molecule has 1 aliphatic rings. The van der Waals surface area contributed by atoms with Crippen LogP contribution < -0.4 is 5.59 Å². The number of nitrogens with zero attached hydrogens (tertiary/aromatic N) is 2. The molecule has 1 atom stereocenters. The van der Waals surface area contributed by atoms with E-state index in [2.05, 4.69) is 63.0 Å². The van der Waals surface area contributed by atoms with Crippen LogP contribution in [0.5, 0.6) is 0 Å². The van der Waals surface area contributed by atoms with E-state index in [-0.39, 0.29) is 5.60 Å². The van der Waals surface area contributed by atoms with Crippen molar-refractivity contribution in [1.82, 2.24) is 9.55 Å². The first-order valence-corrected chi connectivity index (χ1v) is 15.1. The van der Waals surface area contributed by atoms with E-state index in [1.165, 1.54) is 0 Å². The lowest BCUT2D eigenvalue weighted by Gasteiger charge is -2.36. The Kier molecular flexibility index (Phi) is 7.10. The minimum absolute atomic E-state index is 0.348. The largest absolute Gasteiger partial charge is 0.512 e. The van der Waals surface area contributed by atoms with Gasteiger partial charge in [0.25, 0.3) is 0 Å². The fourth-order valence-corrected chi connectivity index (χ4v) is 4.68. The summed E-state index contributed by atoms with van der Waals surface area (Å²) in [4.78, 5) is 4.56. The van der Waals surface area contributed by atoms with Gasteiger partial charge in [0.1, 0.15) is 17.5 Å². The third-order valence-corrected chi connectivity index (χ3v) is 8.16. The molecule has 1 saturated heterocycles. The molecule has 0 spiro atoms. The average Bonchev–Trinajstić information content (AvgIpc) is 3.10. The van der Waals surface area contributed by atoms with E-state index < -0.39 is 20.8 Å². The van der Waals surface area contributed by atoms with Crippen molar-refractivity contribution in [2.75, 3.05) is 6.61 Å². The van der Waals surface area contributed by atoms with Crippen molar-refractivity contribution in [3.63, 3.8) is 0 Å². The summed E-state index contributed by atoms with van der Waals surface area (Å²) in [5, 5.41) is 1.48. The van der Waals surface area contributed by atoms with Gasteiger partial charge in [-0.1, -0.05) is 51.0 Å². The van der Waals surface area contributed by atoms with Crippen LogP contribution in [0.15, 0.2) is 18.2 Å². The van der Waals surface area contributed by atoms with E-state index in [1.54, 1.807) is 0 Å². The third-order valence-electron chi connectivity index (χ3n) is 6.25. The molecular weight excluding hydrogens is 415 g/mol. The zero-order valence-corrected chi connectivity index (χ0v) is 21.3. The smallest absolute Gasteiger partial charge is 0.398 e. The predicted octanol–water partition coefficient (Wildman–Crippen LogP) is 5.47. The van der Waals surface area contributed by atoms with Crippen molar-refractivity contribution in [2.45, 2.75) is 90.6 Å². The molecule has 0 amide bonds. The van der Waals surface area contributed by atoms with Crippen LogP contribution >= 0.6 is 11.6 Å². The highest BCUT2D eigenvalue weighted by molar-refractivity contribution is 6.76. The van der Waals surface area contributed by atoms with Gasteiger partial charge in [-0.25, -0.2) is 4.98 Å². The number of fused-ring (bicyclic) bond motifs is 1. The molecule has 0 saturated carbocycles. The first-order chi connectivity index (χ1) is 14.0. The summed E-state index contributed by atoms with van der Waals surface area (Å²) in [6.45, 7) is 16.8. The molecule has 2 aromatic rings. The Morgan fingerprint density at radius 1 is 1.20 bits per heavy atom. The maximum atomic E-state index is 6.56. The molecule has 5 nitrogen and oxygen atoms in total. The zero-order valence-electron chi connectivity index (χ0n) is 19.5. The van der Waals surface area contributed by atoms with Crippen molar-refractivity contribution < 1.29 is 14.0 Å². The fourth-order valence-electron chi connectivity index (χ4n) is 3.78. The Morgan fingerprint density at radius 3 is 2.60 bits per heavy atom. The minimum atomic E-state index is -1.15. The van der Waals surface area contributed by atoms with Gasteiger partial charge < -0.3 is 18.6 Å². The lowest BCUT2D eigenvalue weighted by molar-refractivity contribution is -0.0169. The van der Waals surface area contributed by atoms with Gasteiger partial charge in [0.05, 0.1) is 16.8 Å². The van der Waals surface area contributed by atoms with Crippen LogP contribution in [-0.2, 0) is 20.8 Å². The standard InChI is InChI=1S/C22H36BClN2O3Si/c1-8-9-12-22(4)21(2,3)28-23(29-22)18-15-17-10-11-19(24)25-20(17)26(18)16-27-13-14-30(5,6)7/h10-11,15H,8-9,12-14,16H2,1-7H3. The Labute approximate surface area is 187 Å². The predicted molar refractivity (Wildman–Crippen MR) is 128 cm³/mol. The Hall–Kier alpha value is -0.858. The van der Waals surface area contributed by atoms with Gasteiger partial charge in [-0.05, 0) is 51.4 Å². The summed E-state index contributed by atoms with van der Waals surface area (Å²) in [7, 11) is -1.62. The second-order valence-electron chi connectivity index (χ2n) is 10.3. The molecule has 3 heterocycles. The molecule has 1 aliphatic heterocycles. The second kappa shape index (κ2) is 8.95. The van der Waals surface area contributed by atoms with Gasteiger partial charge >= 0.3 is 7.12 Å². The van der Waals surface area contributed by atoms with Crippen LogP contribution in [0.25, 0.3) is 11.0 Å². The SMILES string of the molecule is CCCCC1(C)OB(c2cc3ccc(Cl)nc3n2COCC[Si](C)(C)C)OC1(C)C. The summed E-state index contributed by atoms with van der Waals surface area (Å²) in [6, 6.07) is 7.01. The van der Waals surface area contributed by atoms with Gasteiger partial charge in [-0.15, -0.1) is 0 Å². The van der Waals surface area contributed by atoms with Crippen molar-refractivity contribution in [3.8, 4) is 0 Å². The number of pyridine rings is 1. The lowest BCUT2D eigenvalue weighted by atomic mass is 9.83. The van der Waals surface area contributed by atoms with Crippen molar-refractivity contribution in [2.24, 2.45) is 0 Å². The monoisotopic (exact) mass is 450 g/mol. The summed E-state index contributed by atoms with van der Waals surface area (Å²) in [6.07, 6.45) is 3.20. The van der Waals surface area contributed by atoms with E-state index in [1.807, 2.05) is 12.1 Å². The summed E-state index contributed by atoms with van der Waals surface area (Å²) >= 11 is 6.21. The first-order valence-electron chi connectivity index (χ1n) is 11.0. The molecule has 30 heavy (non-hydrogen) atoms. The number of halogens is 1. The van der Waals surface area contributed by atoms with E-state index in [0.29, 0.717) is 11.9 Å². The first kappa shape index (κ1) is 23.8. The maximum absolute atomic E-state index is 6.56. The molecule has 8 heteroatoms. The fraction of sp³-hybridized carbons (Fsp3) is 0.682. The van der Waals surface area contributed by atoms with Gasteiger partial charge in [0.15, 0.2) is 0 Å². The molecule has 2 aromatic heterocycles. The van der Waals surface area contributed by atoms with Crippen LogP contribution in [-0.4, -0.2) is 42.6 Å². The molecule has 0 aromatic carbocycles. The van der Waals surface area contributed by atoms with Crippen LogP contribution in [0.3, 0.4) is 0 Å². The lowest BCUT2D eigenvalue weighted by Crippen LogP contribution is -2.44. The van der Waals surface area contributed by atoms with Gasteiger partial charge in [-0.2, -0.15) is 0 Å². The van der Waals surface area contributed by atoms with Crippen LogP contribution in [0.2, 0.25) is 30.8 Å². The molecular formula is C22H36BClN2O3Si. The Morgan fingerprint density at radius 2 is 1.93 bits per heavy atom. The maximum Gasteiger partial charge on any atom is 0.512 e. The van der Waals surface area contributed by atoms with Gasteiger partial charge in [-0.3, -0.25) is 0 Å². The van der Waals surface area contributed by atoms with E-state index in [9.17, 15) is 0 Å². The Bertz CT molecular complexity index is 883. The molecule has 1 fully saturated rings. The Balaban J connectivity index is 1.89. The summed E-state index contributed by atoms with van der Waals surface area (Å²) in [5.74, 6) is 0.